The number of rotatable bonds is 5. The van der Waals surface area contributed by atoms with Gasteiger partial charge in [-0.1, -0.05) is 17.7 Å². The molecular formula is C19H27ClN4O3. The van der Waals surface area contributed by atoms with Gasteiger partial charge >= 0.3 is 11.8 Å². The molecule has 0 atom stereocenters. The van der Waals surface area contributed by atoms with E-state index in [1.807, 2.05) is 24.3 Å². The molecular weight excluding hydrogens is 368 g/mol. The SMILES string of the molecule is O=C(NCCCN1CCOCC1)C(=O)N1CCN(c2cccc(Cl)c2)CC1. The maximum Gasteiger partial charge on any atom is 0.312 e. The van der Waals surface area contributed by atoms with Crippen LogP contribution >= 0.6 is 11.6 Å². The van der Waals surface area contributed by atoms with Crippen molar-refractivity contribution in [3.63, 3.8) is 0 Å². The molecule has 7 nitrogen and oxygen atoms in total. The lowest BCUT2D eigenvalue weighted by Crippen LogP contribution is -2.52. The Morgan fingerprint density at radius 1 is 1.07 bits per heavy atom. The van der Waals surface area contributed by atoms with E-state index in [1.54, 1.807) is 4.90 Å². The molecule has 0 aromatic heterocycles. The Morgan fingerprint density at radius 3 is 2.52 bits per heavy atom. The highest BCUT2D eigenvalue weighted by atomic mass is 35.5. The lowest BCUT2D eigenvalue weighted by atomic mass is 10.2. The summed E-state index contributed by atoms with van der Waals surface area (Å²) in [5.41, 5.74) is 1.04. The number of morpholine rings is 1. The molecule has 0 aliphatic carbocycles. The molecule has 2 saturated heterocycles. The largest absolute Gasteiger partial charge is 0.379 e. The molecule has 1 aromatic carbocycles. The van der Waals surface area contributed by atoms with Crippen LogP contribution in [0.15, 0.2) is 24.3 Å². The van der Waals surface area contributed by atoms with Gasteiger partial charge in [-0.15, -0.1) is 0 Å². The van der Waals surface area contributed by atoms with E-state index in [2.05, 4.69) is 15.1 Å². The average Bonchev–Trinajstić information content (AvgIpc) is 2.71. The smallest absolute Gasteiger partial charge is 0.312 e. The van der Waals surface area contributed by atoms with Crippen LogP contribution in [0.5, 0.6) is 0 Å². The first-order valence-electron chi connectivity index (χ1n) is 9.51. The number of ether oxygens (including phenoxy) is 1. The number of amides is 2. The summed E-state index contributed by atoms with van der Waals surface area (Å²) in [5.74, 6) is -0.944. The predicted molar refractivity (Wildman–Crippen MR) is 105 cm³/mol. The second-order valence-corrected chi connectivity index (χ2v) is 7.26. The molecule has 2 fully saturated rings. The van der Waals surface area contributed by atoms with Crippen molar-refractivity contribution in [3.05, 3.63) is 29.3 Å². The van der Waals surface area contributed by atoms with E-state index in [4.69, 9.17) is 16.3 Å². The minimum atomic E-state index is -0.506. The van der Waals surface area contributed by atoms with Crippen molar-refractivity contribution in [2.45, 2.75) is 6.42 Å². The highest BCUT2D eigenvalue weighted by molar-refractivity contribution is 6.35. The van der Waals surface area contributed by atoms with Crippen LogP contribution in [0.3, 0.4) is 0 Å². The Morgan fingerprint density at radius 2 is 1.81 bits per heavy atom. The Bertz CT molecular complexity index is 644. The Balaban J connectivity index is 1.36. The molecule has 148 valence electrons. The molecule has 0 bridgehead atoms. The molecule has 0 saturated carbocycles. The standard InChI is InChI=1S/C19H27ClN4O3/c20-16-3-1-4-17(15-16)23-7-9-24(10-8-23)19(26)18(25)21-5-2-6-22-11-13-27-14-12-22/h1,3-4,15H,2,5-14H2,(H,21,25). The number of nitrogens with zero attached hydrogens (tertiary/aromatic N) is 3. The first kappa shape index (κ1) is 19.9. The summed E-state index contributed by atoms with van der Waals surface area (Å²) in [6.45, 7) is 7.29. The van der Waals surface area contributed by atoms with E-state index >= 15 is 0 Å². The molecule has 2 aliphatic rings. The lowest BCUT2D eigenvalue weighted by molar-refractivity contribution is -0.146. The number of halogens is 1. The first-order chi connectivity index (χ1) is 13.1. The molecule has 3 rings (SSSR count). The van der Waals surface area contributed by atoms with Crippen LogP contribution in [0, 0.1) is 0 Å². The third kappa shape index (κ3) is 5.82. The van der Waals surface area contributed by atoms with Crippen LogP contribution in [0.1, 0.15) is 6.42 Å². The average molecular weight is 395 g/mol. The van der Waals surface area contributed by atoms with Gasteiger partial charge in [0.15, 0.2) is 0 Å². The zero-order chi connectivity index (χ0) is 19.1. The summed E-state index contributed by atoms with van der Waals surface area (Å²) in [5, 5.41) is 3.45. The molecule has 2 heterocycles. The highest BCUT2D eigenvalue weighted by Crippen LogP contribution is 2.20. The maximum atomic E-state index is 12.3. The maximum absolute atomic E-state index is 12.3. The Hall–Kier alpha value is -1.83. The number of piperazine rings is 1. The quantitative estimate of drug-likeness (QED) is 0.592. The summed E-state index contributed by atoms with van der Waals surface area (Å²) in [6.07, 6.45) is 0.835. The number of benzene rings is 1. The van der Waals surface area contributed by atoms with Crippen LogP contribution < -0.4 is 10.2 Å². The normalized spacial score (nSPS) is 18.4. The molecule has 8 heteroatoms. The summed E-state index contributed by atoms with van der Waals surface area (Å²) >= 11 is 6.04. The van der Waals surface area contributed by atoms with Crippen molar-refractivity contribution in [1.29, 1.82) is 0 Å². The lowest BCUT2D eigenvalue weighted by Gasteiger charge is -2.35. The monoisotopic (exact) mass is 394 g/mol. The number of hydrogen-bond acceptors (Lipinski definition) is 5. The van der Waals surface area contributed by atoms with Crippen molar-refractivity contribution < 1.29 is 14.3 Å². The summed E-state index contributed by atoms with van der Waals surface area (Å²) in [7, 11) is 0. The first-order valence-corrected chi connectivity index (χ1v) is 9.89. The second-order valence-electron chi connectivity index (χ2n) is 6.82. The topological polar surface area (TPSA) is 65.1 Å². The number of hydrogen-bond donors (Lipinski definition) is 1. The molecule has 0 unspecified atom stereocenters. The van der Waals surface area contributed by atoms with Crippen molar-refractivity contribution in [3.8, 4) is 0 Å². The molecule has 1 aromatic rings. The minimum Gasteiger partial charge on any atom is -0.379 e. The second kappa shape index (κ2) is 9.92. The number of nitrogens with one attached hydrogen (secondary N) is 1. The highest BCUT2D eigenvalue weighted by Gasteiger charge is 2.26. The van der Waals surface area contributed by atoms with E-state index in [9.17, 15) is 9.59 Å². The van der Waals surface area contributed by atoms with Crippen LogP contribution in [0.25, 0.3) is 0 Å². The zero-order valence-corrected chi connectivity index (χ0v) is 16.3. The zero-order valence-electron chi connectivity index (χ0n) is 15.5. The van der Waals surface area contributed by atoms with Crippen molar-refractivity contribution in [2.24, 2.45) is 0 Å². The third-order valence-corrected chi connectivity index (χ3v) is 5.21. The molecule has 2 aliphatic heterocycles. The van der Waals surface area contributed by atoms with Gasteiger partial charge in [0.05, 0.1) is 13.2 Å². The molecule has 0 radical (unpaired) electrons. The van der Waals surface area contributed by atoms with Gasteiger partial charge in [-0.25, -0.2) is 0 Å². The molecule has 0 spiro atoms. The van der Waals surface area contributed by atoms with E-state index in [1.165, 1.54) is 0 Å². The predicted octanol–water partition coefficient (Wildman–Crippen LogP) is 0.827. The van der Waals surface area contributed by atoms with Gasteiger partial charge in [-0.2, -0.15) is 0 Å². The van der Waals surface area contributed by atoms with Gasteiger partial charge < -0.3 is 19.9 Å². The number of carbonyl (C=O) groups is 2. The van der Waals surface area contributed by atoms with Gasteiger partial charge in [-0.05, 0) is 31.2 Å². The van der Waals surface area contributed by atoms with Crippen molar-refractivity contribution >= 4 is 29.1 Å². The minimum absolute atomic E-state index is 0.438. The molecule has 27 heavy (non-hydrogen) atoms. The van der Waals surface area contributed by atoms with Crippen LogP contribution in [-0.2, 0) is 14.3 Å². The third-order valence-electron chi connectivity index (χ3n) is 4.97. The van der Waals surface area contributed by atoms with Gasteiger partial charge in [0, 0.05) is 56.5 Å². The fourth-order valence-corrected chi connectivity index (χ4v) is 3.57. The van der Waals surface area contributed by atoms with Gasteiger partial charge in [0.25, 0.3) is 0 Å². The fourth-order valence-electron chi connectivity index (χ4n) is 3.39. The number of anilines is 1. The molecule has 1 N–H and O–H groups in total. The van der Waals surface area contributed by atoms with E-state index in [-0.39, 0.29) is 0 Å². The number of carbonyl (C=O) groups excluding carboxylic acids is 2. The Kier molecular flexibility index (Phi) is 7.32. The van der Waals surface area contributed by atoms with E-state index < -0.39 is 11.8 Å². The van der Waals surface area contributed by atoms with Crippen LogP contribution in [-0.4, -0.2) is 87.2 Å². The summed E-state index contributed by atoms with van der Waals surface area (Å²) in [4.78, 5) is 30.6. The van der Waals surface area contributed by atoms with E-state index in [0.717, 1.165) is 45.0 Å². The molecule has 2 amide bonds. The Labute approximate surface area is 165 Å². The van der Waals surface area contributed by atoms with Gasteiger partial charge in [-0.3, -0.25) is 14.5 Å². The summed E-state index contributed by atoms with van der Waals surface area (Å²) in [6, 6.07) is 7.68. The van der Waals surface area contributed by atoms with E-state index in [0.29, 0.717) is 37.7 Å². The van der Waals surface area contributed by atoms with Crippen molar-refractivity contribution in [2.75, 3.05) is 70.5 Å². The fraction of sp³-hybridized carbons (Fsp3) is 0.579. The van der Waals surface area contributed by atoms with Crippen molar-refractivity contribution in [1.82, 2.24) is 15.1 Å². The van der Waals surface area contributed by atoms with Gasteiger partial charge in [0.1, 0.15) is 0 Å². The van der Waals surface area contributed by atoms with Crippen LogP contribution in [0.4, 0.5) is 5.69 Å². The van der Waals surface area contributed by atoms with Crippen LogP contribution in [0.2, 0.25) is 5.02 Å². The summed E-state index contributed by atoms with van der Waals surface area (Å²) < 4.78 is 5.31. The van der Waals surface area contributed by atoms with Gasteiger partial charge in [0.2, 0.25) is 0 Å².